The molecule has 0 unspecified atom stereocenters. The predicted molar refractivity (Wildman–Crippen MR) is 166 cm³/mol. The number of ether oxygens (including phenoxy) is 1. The molecule has 5 nitrogen and oxygen atoms in total. The molecule has 0 amide bonds. The molecule has 2 aliphatic heterocycles. The molecular formula is C35H42N4O. The summed E-state index contributed by atoms with van der Waals surface area (Å²) in [4.78, 5) is 2.23. The minimum absolute atomic E-state index is 0.388. The van der Waals surface area contributed by atoms with E-state index < -0.39 is 0 Å². The minimum Gasteiger partial charge on any atom is -0.381 e. The van der Waals surface area contributed by atoms with Gasteiger partial charge in [0, 0.05) is 50.7 Å². The molecule has 5 heteroatoms. The quantitative estimate of drug-likeness (QED) is 0.281. The molecule has 1 saturated heterocycles. The zero-order chi connectivity index (χ0) is 28.4. The van der Waals surface area contributed by atoms with E-state index in [1.165, 1.54) is 39.0 Å². The van der Waals surface area contributed by atoms with Crippen molar-refractivity contribution in [3.63, 3.8) is 0 Å². The van der Waals surface area contributed by atoms with Gasteiger partial charge in [-0.1, -0.05) is 60.8 Å². The standard InChI is InChI=1S/C35H42N4O/c1-8-27(35-25(4)36-37-39(35)7)19-30(20-34(28-12-10-9-11-13-28)29-14-16-40-17-15-29)24(3)32-21-33-26(5)38(6)22-31(33)18-23(32)2/h8-13,18-19,21,29,34H,1,5,14-17,20,22H2,2-4,6-7H3/b27-19+,30-24-/t34-/m1/s1. The van der Waals surface area contributed by atoms with Crippen molar-refractivity contribution in [3.8, 4) is 0 Å². The Morgan fingerprint density at radius 2 is 1.85 bits per heavy atom. The van der Waals surface area contributed by atoms with Gasteiger partial charge in [-0.15, -0.1) is 5.10 Å². The number of hydrogen-bond donors (Lipinski definition) is 0. The van der Waals surface area contributed by atoms with Crippen LogP contribution in [-0.2, 0) is 18.3 Å². The van der Waals surface area contributed by atoms with Gasteiger partial charge in [0.1, 0.15) is 0 Å². The van der Waals surface area contributed by atoms with Crippen LogP contribution in [0.2, 0.25) is 0 Å². The maximum atomic E-state index is 5.78. The Kier molecular flexibility index (Phi) is 8.22. The molecule has 40 heavy (non-hydrogen) atoms. The number of hydrogen-bond acceptors (Lipinski definition) is 4. The van der Waals surface area contributed by atoms with Crippen molar-refractivity contribution < 1.29 is 4.74 Å². The van der Waals surface area contributed by atoms with Gasteiger partial charge >= 0.3 is 0 Å². The van der Waals surface area contributed by atoms with E-state index in [4.69, 9.17) is 4.74 Å². The average molecular weight is 535 g/mol. The van der Waals surface area contributed by atoms with Gasteiger partial charge in [0.15, 0.2) is 0 Å². The van der Waals surface area contributed by atoms with Gasteiger partial charge in [-0.25, -0.2) is 4.68 Å². The molecule has 3 aromatic rings. The Morgan fingerprint density at radius 3 is 2.50 bits per heavy atom. The van der Waals surface area contributed by atoms with E-state index in [9.17, 15) is 0 Å². The highest BCUT2D eigenvalue weighted by Gasteiger charge is 2.28. The number of allylic oxidation sites excluding steroid dienone is 5. The summed E-state index contributed by atoms with van der Waals surface area (Å²) >= 11 is 0. The first-order valence-corrected chi connectivity index (χ1v) is 14.4. The lowest BCUT2D eigenvalue weighted by Gasteiger charge is -2.32. The van der Waals surface area contributed by atoms with E-state index in [2.05, 4.69) is 97.8 Å². The van der Waals surface area contributed by atoms with Gasteiger partial charge in [-0.05, 0) is 97.4 Å². The molecule has 3 heterocycles. The summed E-state index contributed by atoms with van der Waals surface area (Å²) in [6.07, 6.45) is 7.37. The third-order valence-corrected chi connectivity index (χ3v) is 8.84. The van der Waals surface area contributed by atoms with Crippen LogP contribution < -0.4 is 0 Å². The van der Waals surface area contributed by atoms with Gasteiger partial charge in [0.25, 0.3) is 0 Å². The lowest BCUT2D eigenvalue weighted by molar-refractivity contribution is 0.0578. The summed E-state index contributed by atoms with van der Waals surface area (Å²) in [5, 5.41) is 8.61. The van der Waals surface area contributed by atoms with Crippen molar-refractivity contribution in [3.05, 3.63) is 113 Å². The smallest absolute Gasteiger partial charge is 0.0911 e. The second-order valence-electron chi connectivity index (χ2n) is 11.4. The molecule has 208 valence electrons. The predicted octanol–water partition coefficient (Wildman–Crippen LogP) is 7.49. The van der Waals surface area contributed by atoms with Crippen LogP contribution in [0, 0.1) is 19.8 Å². The Bertz CT molecular complexity index is 1450. The van der Waals surface area contributed by atoms with Crippen molar-refractivity contribution >= 4 is 16.8 Å². The first kappa shape index (κ1) is 27.9. The van der Waals surface area contributed by atoms with Crippen molar-refractivity contribution in [2.45, 2.75) is 52.5 Å². The zero-order valence-electron chi connectivity index (χ0n) is 24.7. The average Bonchev–Trinajstić information content (AvgIpc) is 3.44. The molecule has 2 aliphatic rings. The van der Waals surface area contributed by atoms with Crippen LogP contribution in [-0.4, -0.2) is 40.2 Å². The Balaban J connectivity index is 1.68. The summed E-state index contributed by atoms with van der Waals surface area (Å²) in [5.41, 5.74) is 13.2. The van der Waals surface area contributed by atoms with Crippen LogP contribution in [0.25, 0.3) is 16.8 Å². The fourth-order valence-corrected chi connectivity index (χ4v) is 6.50. The largest absolute Gasteiger partial charge is 0.381 e. The number of benzene rings is 2. The molecule has 0 spiro atoms. The van der Waals surface area contributed by atoms with Crippen molar-refractivity contribution in [2.75, 3.05) is 20.3 Å². The van der Waals surface area contributed by atoms with Gasteiger partial charge in [-0.2, -0.15) is 0 Å². The minimum atomic E-state index is 0.388. The third kappa shape index (κ3) is 5.48. The summed E-state index contributed by atoms with van der Waals surface area (Å²) in [5.74, 6) is 0.952. The first-order chi connectivity index (χ1) is 19.3. The number of aryl methyl sites for hydroxylation is 3. The normalized spacial score (nSPS) is 17.6. The van der Waals surface area contributed by atoms with Crippen molar-refractivity contribution in [1.29, 1.82) is 0 Å². The summed E-state index contributed by atoms with van der Waals surface area (Å²) in [7, 11) is 4.07. The molecule has 0 aliphatic carbocycles. The molecular weight excluding hydrogens is 492 g/mol. The van der Waals surface area contributed by atoms with E-state index in [0.717, 1.165) is 61.7 Å². The highest BCUT2D eigenvalue weighted by Crippen LogP contribution is 2.41. The van der Waals surface area contributed by atoms with Gasteiger partial charge < -0.3 is 9.64 Å². The molecule has 0 bridgehead atoms. The highest BCUT2D eigenvalue weighted by atomic mass is 16.5. The van der Waals surface area contributed by atoms with E-state index in [1.807, 2.05) is 24.7 Å². The maximum absolute atomic E-state index is 5.78. The lowest BCUT2D eigenvalue weighted by atomic mass is 9.76. The summed E-state index contributed by atoms with van der Waals surface area (Å²) in [6.45, 7) is 17.7. The van der Waals surface area contributed by atoms with Crippen LogP contribution in [0.4, 0.5) is 0 Å². The summed E-state index contributed by atoms with van der Waals surface area (Å²) < 4.78 is 7.63. The fraction of sp³-hybridized carbons (Fsp3) is 0.371. The number of nitrogens with zero attached hydrogens (tertiary/aromatic N) is 4. The number of aromatic nitrogens is 3. The van der Waals surface area contributed by atoms with E-state index in [-0.39, 0.29) is 0 Å². The van der Waals surface area contributed by atoms with E-state index >= 15 is 0 Å². The lowest BCUT2D eigenvalue weighted by Crippen LogP contribution is -2.22. The Morgan fingerprint density at radius 1 is 1.12 bits per heavy atom. The second-order valence-corrected chi connectivity index (χ2v) is 11.4. The molecule has 1 fully saturated rings. The van der Waals surface area contributed by atoms with E-state index in [1.54, 1.807) is 0 Å². The summed E-state index contributed by atoms with van der Waals surface area (Å²) in [6, 6.07) is 15.7. The van der Waals surface area contributed by atoms with Crippen LogP contribution in [0.15, 0.2) is 73.3 Å². The third-order valence-electron chi connectivity index (χ3n) is 8.84. The molecule has 5 rings (SSSR count). The molecule has 0 N–H and O–H groups in total. The molecule has 2 aromatic carbocycles. The first-order valence-electron chi connectivity index (χ1n) is 14.4. The van der Waals surface area contributed by atoms with Crippen LogP contribution in [0.1, 0.15) is 71.3 Å². The van der Waals surface area contributed by atoms with E-state index in [0.29, 0.717) is 11.8 Å². The SMILES string of the molecule is C=C/C(=C\C(C[C@H](c1ccccc1)C1CCOCC1)=C(/C)c1cc2c(cc1C)CN(C)C2=C)c1c(C)nnn1C. The molecule has 1 atom stereocenters. The Hall–Kier alpha value is -3.70. The van der Waals surface area contributed by atoms with Crippen molar-refractivity contribution in [2.24, 2.45) is 13.0 Å². The number of rotatable bonds is 8. The van der Waals surface area contributed by atoms with Gasteiger partial charge in [-0.3, -0.25) is 0 Å². The van der Waals surface area contributed by atoms with Gasteiger partial charge in [0.2, 0.25) is 0 Å². The van der Waals surface area contributed by atoms with Crippen LogP contribution in [0.5, 0.6) is 0 Å². The fourth-order valence-electron chi connectivity index (χ4n) is 6.50. The topological polar surface area (TPSA) is 43.2 Å². The van der Waals surface area contributed by atoms with Crippen LogP contribution in [0.3, 0.4) is 0 Å². The van der Waals surface area contributed by atoms with Crippen molar-refractivity contribution in [1.82, 2.24) is 19.9 Å². The monoisotopic (exact) mass is 534 g/mol. The van der Waals surface area contributed by atoms with Crippen LogP contribution >= 0.6 is 0 Å². The maximum Gasteiger partial charge on any atom is 0.0911 e. The highest BCUT2D eigenvalue weighted by molar-refractivity contribution is 5.82. The molecule has 0 radical (unpaired) electrons. The molecule has 1 aromatic heterocycles. The molecule has 0 saturated carbocycles. The second kappa shape index (κ2) is 11.8. The number of fused-ring (bicyclic) bond motifs is 1. The zero-order valence-corrected chi connectivity index (χ0v) is 24.7. The van der Waals surface area contributed by atoms with Gasteiger partial charge in [0.05, 0.1) is 11.4 Å². The Labute approximate surface area is 239 Å².